The number of hydrogen-bond acceptors (Lipinski definition) is 1. The van der Waals surface area contributed by atoms with Gasteiger partial charge in [-0.1, -0.05) is 35.4 Å². The van der Waals surface area contributed by atoms with Crippen molar-refractivity contribution in [1.29, 1.82) is 0 Å². The molecule has 0 heterocycles. The number of rotatable bonds is 5. The SMILES string of the molecule is C=C(C)CC(Cc1cccc(C)c1)C(=O)O. The molecule has 86 valence electrons. The Hall–Kier alpha value is -1.57. The van der Waals surface area contributed by atoms with Gasteiger partial charge in [0.15, 0.2) is 0 Å². The van der Waals surface area contributed by atoms with Crippen LogP contribution in [0.15, 0.2) is 36.4 Å². The summed E-state index contributed by atoms with van der Waals surface area (Å²) in [6, 6.07) is 7.98. The van der Waals surface area contributed by atoms with Crippen LogP contribution in [0.2, 0.25) is 0 Å². The molecule has 0 saturated carbocycles. The van der Waals surface area contributed by atoms with E-state index in [9.17, 15) is 4.79 Å². The van der Waals surface area contributed by atoms with Gasteiger partial charge in [0.05, 0.1) is 5.92 Å². The van der Waals surface area contributed by atoms with Gasteiger partial charge in [-0.15, -0.1) is 6.58 Å². The number of benzene rings is 1. The van der Waals surface area contributed by atoms with Crippen LogP contribution in [0.1, 0.15) is 24.5 Å². The zero-order valence-corrected chi connectivity index (χ0v) is 9.86. The second-order valence-corrected chi connectivity index (χ2v) is 4.39. The third-order valence-corrected chi connectivity index (χ3v) is 2.51. The minimum absolute atomic E-state index is 0.362. The molecule has 1 rings (SSSR count). The maximum atomic E-state index is 11.1. The maximum Gasteiger partial charge on any atom is 0.307 e. The lowest BCUT2D eigenvalue weighted by atomic mass is 9.93. The number of hydrogen-bond donors (Lipinski definition) is 1. The summed E-state index contributed by atoms with van der Waals surface area (Å²) in [5.41, 5.74) is 3.16. The summed E-state index contributed by atoms with van der Waals surface area (Å²) in [6.07, 6.45) is 1.12. The van der Waals surface area contributed by atoms with Gasteiger partial charge < -0.3 is 5.11 Å². The van der Waals surface area contributed by atoms with E-state index in [0.29, 0.717) is 12.8 Å². The van der Waals surface area contributed by atoms with E-state index in [0.717, 1.165) is 16.7 Å². The largest absolute Gasteiger partial charge is 0.481 e. The lowest BCUT2D eigenvalue weighted by molar-refractivity contribution is -0.141. The topological polar surface area (TPSA) is 37.3 Å². The highest BCUT2D eigenvalue weighted by Gasteiger charge is 2.17. The quantitative estimate of drug-likeness (QED) is 0.770. The van der Waals surface area contributed by atoms with Crippen LogP contribution >= 0.6 is 0 Å². The fraction of sp³-hybridized carbons (Fsp3) is 0.357. The van der Waals surface area contributed by atoms with Crippen LogP contribution in [-0.4, -0.2) is 11.1 Å². The van der Waals surface area contributed by atoms with Gasteiger partial charge in [-0.3, -0.25) is 4.79 Å². The molecular weight excluding hydrogens is 200 g/mol. The molecule has 0 spiro atoms. The van der Waals surface area contributed by atoms with E-state index in [1.54, 1.807) is 0 Å². The fourth-order valence-corrected chi connectivity index (χ4v) is 1.79. The summed E-state index contributed by atoms with van der Waals surface area (Å²) in [5, 5.41) is 9.11. The molecule has 0 aliphatic rings. The Morgan fingerprint density at radius 2 is 2.19 bits per heavy atom. The molecule has 0 saturated heterocycles. The first-order chi connectivity index (χ1) is 7.49. The van der Waals surface area contributed by atoms with Crippen LogP contribution in [0.3, 0.4) is 0 Å². The van der Waals surface area contributed by atoms with Crippen molar-refractivity contribution in [2.24, 2.45) is 5.92 Å². The van der Waals surface area contributed by atoms with Crippen molar-refractivity contribution in [3.63, 3.8) is 0 Å². The highest BCUT2D eigenvalue weighted by atomic mass is 16.4. The molecule has 2 heteroatoms. The third kappa shape index (κ3) is 3.89. The summed E-state index contributed by atoms with van der Waals surface area (Å²) < 4.78 is 0. The van der Waals surface area contributed by atoms with Crippen LogP contribution in [-0.2, 0) is 11.2 Å². The molecule has 0 amide bonds. The van der Waals surface area contributed by atoms with Crippen molar-refractivity contribution < 1.29 is 9.90 Å². The first-order valence-electron chi connectivity index (χ1n) is 5.41. The van der Waals surface area contributed by atoms with Crippen molar-refractivity contribution in [2.75, 3.05) is 0 Å². The monoisotopic (exact) mass is 218 g/mol. The smallest absolute Gasteiger partial charge is 0.307 e. The molecule has 0 fully saturated rings. The average Bonchev–Trinajstić information content (AvgIpc) is 2.15. The first-order valence-corrected chi connectivity index (χ1v) is 5.41. The van der Waals surface area contributed by atoms with Gasteiger partial charge in [0, 0.05) is 0 Å². The molecular formula is C14H18O2. The molecule has 1 N–H and O–H groups in total. The molecule has 1 unspecified atom stereocenters. The van der Waals surface area contributed by atoms with Crippen molar-refractivity contribution in [3.05, 3.63) is 47.5 Å². The molecule has 0 aromatic heterocycles. The Bertz CT molecular complexity index is 393. The number of carboxylic acid groups (broad SMARTS) is 1. The predicted octanol–water partition coefficient (Wildman–Crippen LogP) is 3.20. The Morgan fingerprint density at radius 3 is 2.69 bits per heavy atom. The van der Waals surface area contributed by atoms with Gasteiger partial charge in [0.25, 0.3) is 0 Å². The van der Waals surface area contributed by atoms with Gasteiger partial charge >= 0.3 is 5.97 Å². The second kappa shape index (κ2) is 5.50. The lowest BCUT2D eigenvalue weighted by Crippen LogP contribution is -2.16. The molecule has 16 heavy (non-hydrogen) atoms. The van der Waals surface area contributed by atoms with Crippen molar-refractivity contribution in [2.45, 2.75) is 26.7 Å². The normalized spacial score (nSPS) is 12.1. The highest BCUT2D eigenvalue weighted by Crippen LogP contribution is 2.17. The molecule has 0 radical (unpaired) electrons. The van der Waals surface area contributed by atoms with Crippen molar-refractivity contribution in [1.82, 2.24) is 0 Å². The Balaban J connectivity index is 2.75. The standard InChI is InChI=1S/C14H18O2/c1-10(2)7-13(14(15)16)9-12-6-4-5-11(3)8-12/h4-6,8,13H,1,7,9H2,2-3H3,(H,15,16). The third-order valence-electron chi connectivity index (χ3n) is 2.51. The lowest BCUT2D eigenvalue weighted by Gasteiger charge is -2.12. The number of carboxylic acids is 1. The zero-order chi connectivity index (χ0) is 12.1. The first kappa shape index (κ1) is 12.5. The maximum absolute atomic E-state index is 11.1. The summed E-state index contributed by atoms with van der Waals surface area (Å²) in [7, 11) is 0. The average molecular weight is 218 g/mol. The van der Waals surface area contributed by atoms with Crippen LogP contribution in [0.4, 0.5) is 0 Å². The number of allylic oxidation sites excluding steroid dienone is 1. The summed E-state index contributed by atoms with van der Waals surface area (Å²) in [6.45, 7) is 7.65. The van der Waals surface area contributed by atoms with E-state index in [-0.39, 0.29) is 5.92 Å². The van der Waals surface area contributed by atoms with Gasteiger partial charge in [-0.05, 0) is 32.3 Å². The Labute approximate surface area is 96.6 Å². The van der Waals surface area contributed by atoms with Crippen molar-refractivity contribution in [3.8, 4) is 0 Å². The van der Waals surface area contributed by atoms with E-state index in [4.69, 9.17) is 5.11 Å². The molecule has 1 atom stereocenters. The summed E-state index contributed by atoms with van der Waals surface area (Å²) in [5.74, 6) is -1.11. The molecule has 1 aromatic rings. The van der Waals surface area contributed by atoms with Gasteiger partial charge in [0.2, 0.25) is 0 Å². The molecule has 1 aromatic carbocycles. The molecule has 0 aliphatic heterocycles. The zero-order valence-electron chi connectivity index (χ0n) is 9.86. The van der Waals surface area contributed by atoms with Crippen LogP contribution in [0.5, 0.6) is 0 Å². The minimum atomic E-state index is -0.746. The van der Waals surface area contributed by atoms with E-state index >= 15 is 0 Å². The van der Waals surface area contributed by atoms with E-state index in [1.165, 1.54) is 0 Å². The number of carbonyl (C=O) groups is 1. The highest BCUT2D eigenvalue weighted by molar-refractivity contribution is 5.70. The van der Waals surface area contributed by atoms with E-state index in [1.807, 2.05) is 38.1 Å². The Morgan fingerprint density at radius 1 is 1.50 bits per heavy atom. The van der Waals surface area contributed by atoms with Gasteiger partial charge in [0.1, 0.15) is 0 Å². The minimum Gasteiger partial charge on any atom is -0.481 e. The fourth-order valence-electron chi connectivity index (χ4n) is 1.79. The van der Waals surface area contributed by atoms with Gasteiger partial charge in [-0.2, -0.15) is 0 Å². The van der Waals surface area contributed by atoms with Crippen LogP contribution in [0.25, 0.3) is 0 Å². The van der Waals surface area contributed by atoms with E-state index < -0.39 is 5.97 Å². The van der Waals surface area contributed by atoms with Gasteiger partial charge in [-0.25, -0.2) is 0 Å². The molecule has 0 aliphatic carbocycles. The molecule has 0 bridgehead atoms. The predicted molar refractivity (Wildman–Crippen MR) is 65.4 cm³/mol. The van der Waals surface area contributed by atoms with E-state index in [2.05, 4.69) is 6.58 Å². The Kier molecular flexibility index (Phi) is 4.29. The van der Waals surface area contributed by atoms with Crippen LogP contribution < -0.4 is 0 Å². The second-order valence-electron chi connectivity index (χ2n) is 4.39. The summed E-state index contributed by atoms with van der Waals surface area (Å²) >= 11 is 0. The van der Waals surface area contributed by atoms with Crippen LogP contribution in [0, 0.1) is 12.8 Å². The van der Waals surface area contributed by atoms with Crippen molar-refractivity contribution >= 4 is 5.97 Å². The molecule has 2 nitrogen and oxygen atoms in total. The number of aryl methyl sites for hydroxylation is 1. The number of aliphatic carboxylic acids is 1. The summed E-state index contributed by atoms with van der Waals surface area (Å²) in [4.78, 5) is 11.1.